The molecule has 0 atom stereocenters. The summed E-state index contributed by atoms with van der Waals surface area (Å²) < 4.78 is 61.6. The van der Waals surface area contributed by atoms with E-state index in [-0.39, 0.29) is 0 Å². The molecule has 0 unspecified atom stereocenters. The highest BCUT2D eigenvalue weighted by atomic mass is 19.4. The lowest BCUT2D eigenvalue weighted by Crippen LogP contribution is -2.48. The molecule has 1 nitrogen and oxygen atoms in total. The average molecular weight is 231 g/mol. The SMILES string of the molecule is CC(C)(N)C1(CC(F)(F)C(F)(F)F)CC1. The number of rotatable bonds is 3. The standard InChI is InChI=1S/C9H14F5N/c1-6(2,15)7(3-4-7)5-8(10,11)9(12,13)14/h3-5,15H2,1-2H3. The Bertz CT molecular complexity index is 232. The van der Waals surface area contributed by atoms with E-state index < -0.39 is 29.5 Å². The van der Waals surface area contributed by atoms with Crippen LogP contribution in [0.1, 0.15) is 33.1 Å². The van der Waals surface area contributed by atoms with E-state index in [1.807, 2.05) is 0 Å². The van der Waals surface area contributed by atoms with Gasteiger partial charge in [-0.3, -0.25) is 0 Å². The molecule has 1 rings (SSSR count). The second-order valence-electron chi connectivity index (χ2n) is 4.88. The number of hydrogen-bond donors (Lipinski definition) is 1. The lowest BCUT2D eigenvalue weighted by molar-refractivity contribution is -0.290. The van der Waals surface area contributed by atoms with Crippen LogP contribution in [0.25, 0.3) is 0 Å². The highest BCUT2D eigenvalue weighted by Crippen LogP contribution is 2.60. The first kappa shape index (κ1) is 12.7. The predicted molar refractivity (Wildman–Crippen MR) is 45.6 cm³/mol. The Labute approximate surface area is 84.8 Å². The summed E-state index contributed by atoms with van der Waals surface area (Å²) in [7, 11) is 0. The van der Waals surface area contributed by atoms with Crippen LogP contribution in [0.4, 0.5) is 22.0 Å². The molecular formula is C9H14F5N. The van der Waals surface area contributed by atoms with Crippen LogP contribution >= 0.6 is 0 Å². The third-order valence-electron chi connectivity index (χ3n) is 3.20. The maximum absolute atomic E-state index is 12.8. The second-order valence-corrected chi connectivity index (χ2v) is 4.88. The van der Waals surface area contributed by atoms with E-state index in [1.54, 1.807) is 0 Å². The van der Waals surface area contributed by atoms with Gasteiger partial charge in [0.1, 0.15) is 0 Å². The number of nitrogens with two attached hydrogens (primary N) is 1. The number of alkyl halides is 5. The summed E-state index contributed by atoms with van der Waals surface area (Å²) in [6.45, 7) is 2.99. The minimum Gasteiger partial charge on any atom is -0.325 e. The quantitative estimate of drug-likeness (QED) is 0.742. The highest BCUT2D eigenvalue weighted by Gasteiger charge is 2.65. The topological polar surface area (TPSA) is 26.0 Å². The summed E-state index contributed by atoms with van der Waals surface area (Å²) in [6.07, 6.45) is -6.01. The van der Waals surface area contributed by atoms with Gasteiger partial charge in [0.2, 0.25) is 0 Å². The molecule has 0 aromatic heterocycles. The molecule has 6 heteroatoms. The van der Waals surface area contributed by atoms with Crippen molar-refractivity contribution in [1.82, 2.24) is 0 Å². The van der Waals surface area contributed by atoms with Crippen molar-refractivity contribution >= 4 is 0 Å². The van der Waals surface area contributed by atoms with Gasteiger partial charge in [-0.25, -0.2) is 0 Å². The van der Waals surface area contributed by atoms with Crippen molar-refractivity contribution in [3.05, 3.63) is 0 Å². The molecule has 1 fully saturated rings. The monoisotopic (exact) mass is 231 g/mol. The van der Waals surface area contributed by atoms with Crippen molar-refractivity contribution in [3.8, 4) is 0 Å². The first-order chi connectivity index (χ1) is 6.41. The third kappa shape index (κ3) is 2.24. The Morgan fingerprint density at radius 1 is 1.07 bits per heavy atom. The fourth-order valence-electron chi connectivity index (χ4n) is 1.73. The van der Waals surface area contributed by atoms with Crippen LogP contribution in [0.5, 0.6) is 0 Å². The molecule has 0 amide bonds. The first-order valence-electron chi connectivity index (χ1n) is 4.65. The maximum atomic E-state index is 12.8. The lowest BCUT2D eigenvalue weighted by atomic mass is 9.80. The molecule has 0 aliphatic heterocycles. The summed E-state index contributed by atoms with van der Waals surface area (Å²) in [5.74, 6) is -4.64. The van der Waals surface area contributed by atoms with E-state index in [2.05, 4.69) is 0 Å². The van der Waals surface area contributed by atoms with E-state index in [4.69, 9.17) is 5.73 Å². The van der Waals surface area contributed by atoms with Crippen LogP contribution in [-0.2, 0) is 0 Å². The third-order valence-corrected chi connectivity index (χ3v) is 3.20. The van der Waals surface area contributed by atoms with E-state index in [0.717, 1.165) is 0 Å². The van der Waals surface area contributed by atoms with Crippen molar-refractivity contribution in [3.63, 3.8) is 0 Å². The van der Waals surface area contributed by atoms with E-state index in [1.165, 1.54) is 13.8 Å². The van der Waals surface area contributed by atoms with Crippen molar-refractivity contribution in [2.45, 2.75) is 50.7 Å². The molecule has 0 saturated heterocycles. The van der Waals surface area contributed by atoms with Gasteiger partial charge in [0.25, 0.3) is 0 Å². The molecular weight excluding hydrogens is 217 g/mol. The van der Waals surface area contributed by atoms with Crippen LogP contribution in [-0.4, -0.2) is 17.6 Å². The van der Waals surface area contributed by atoms with Crippen LogP contribution in [0.15, 0.2) is 0 Å². The van der Waals surface area contributed by atoms with E-state index in [0.29, 0.717) is 12.8 Å². The fourth-order valence-corrected chi connectivity index (χ4v) is 1.73. The normalized spacial score (nSPS) is 21.6. The van der Waals surface area contributed by atoms with Crippen molar-refractivity contribution < 1.29 is 22.0 Å². The fraction of sp³-hybridized carbons (Fsp3) is 1.00. The molecule has 0 spiro atoms. The van der Waals surface area contributed by atoms with Crippen molar-refractivity contribution in [1.29, 1.82) is 0 Å². The van der Waals surface area contributed by atoms with Crippen molar-refractivity contribution in [2.75, 3.05) is 0 Å². The summed E-state index contributed by atoms with van der Waals surface area (Å²) >= 11 is 0. The minimum atomic E-state index is -5.48. The van der Waals surface area contributed by atoms with Crippen LogP contribution in [0, 0.1) is 5.41 Å². The lowest BCUT2D eigenvalue weighted by Gasteiger charge is -2.34. The van der Waals surface area contributed by atoms with Crippen LogP contribution < -0.4 is 5.73 Å². The van der Waals surface area contributed by atoms with Gasteiger partial charge in [-0.1, -0.05) is 0 Å². The summed E-state index contributed by atoms with van der Waals surface area (Å²) in [5.41, 5.74) is 3.56. The van der Waals surface area contributed by atoms with Gasteiger partial charge in [0.05, 0.1) is 0 Å². The Morgan fingerprint density at radius 3 is 1.67 bits per heavy atom. The molecule has 0 bridgehead atoms. The van der Waals surface area contributed by atoms with Gasteiger partial charge in [-0.2, -0.15) is 22.0 Å². The molecule has 0 aromatic rings. The Morgan fingerprint density at radius 2 is 1.47 bits per heavy atom. The van der Waals surface area contributed by atoms with Crippen molar-refractivity contribution in [2.24, 2.45) is 11.1 Å². The van der Waals surface area contributed by atoms with Gasteiger partial charge in [-0.05, 0) is 32.1 Å². The highest BCUT2D eigenvalue weighted by molar-refractivity contribution is 5.09. The average Bonchev–Trinajstić information content (AvgIpc) is 2.62. The molecule has 0 radical (unpaired) electrons. The minimum absolute atomic E-state index is 0.335. The van der Waals surface area contributed by atoms with Gasteiger partial charge in [0.15, 0.2) is 0 Å². The van der Waals surface area contributed by atoms with Gasteiger partial charge in [0, 0.05) is 12.0 Å². The molecule has 1 aliphatic carbocycles. The zero-order chi connectivity index (χ0) is 12.1. The molecule has 2 N–H and O–H groups in total. The van der Waals surface area contributed by atoms with Gasteiger partial charge in [-0.15, -0.1) is 0 Å². The zero-order valence-corrected chi connectivity index (χ0v) is 8.59. The second kappa shape index (κ2) is 3.06. The molecule has 0 heterocycles. The predicted octanol–water partition coefficient (Wildman–Crippen LogP) is 3.09. The van der Waals surface area contributed by atoms with Crippen LogP contribution in [0.2, 0.25) is 0 Å². The molecule has 15 heavy (non-hydrogen) atoms. The molecule has 90 valence electrons. The Balaban J connectivity index is 2.79. The first-order valence-corrected chi connectivity index (χ1v) is 4.65. The van der Waals surface area contributed by atoms with Gasteiger partial charge < -0.3 is 5.73 Å². The maximum Gasteiger partial charge on any atom is 0.453 e. The smallest absolute Gasteiger partial charge is 0.325 e. The summed E-state index contributed by atoms with van der Waals surface area (Å²) in [5, 5.41) is 0. The van der Waals surface area contributed by atoms with Gasteiger partial charge >= 0.3 is 12.1 Å². The number of hydrogen-bond acceptors (Lipinski definition) is 1. The molecule has 1 aliphatic rings. The zero-order valence-electron chi connectivity index (χ0n) is 8.59. The summed E-state index contributed by atoms with van der Waals surface area (Å²) in [4.78, 5) is 0. The largest absolute Gasteiger partial charge is 0.453 e. The van der Waals surface area contributed by atoms with E-state index >= 15 is 0 Å². The molecule has 1 saturated carbocycles. The number of halogens is 5. The summed E-state index contributed by atoms with van der Waals surface area (Å²) in [6, 6.07) is 0. The Kier molecular flexibility index (Phi) is 2.58. The molecule has 0 aromatic carbocycles. The van der Waals surface area contributed by atoms with Crippen LogP contribution in [0.3, 0.4) is 0 Å². The van der Waals surface area contributed by atoms with E-state index in [9.17, 15) is 22.0 Å². The Hall–Kier alpha value is -0.390.